The van der Waals surface area contributed by atoms with E-state index in [1.807, 2.05) is 22.6 Å². The van der Waals surface area contributed by atoms with Crippen LogP contribution in [0, 0.1) is 0 Å². The zero-order valence-electron chi connectivity index (χ0n) is 26.4. The third-order valence-electron chi connectivity index (χ3n) is 5.60. The second kappa shape index (κ2) is 33.4. The van der Waals surface area contributed by atoms with Crippen molar-refractivity contribution < 1.29 is 63.9 Å². The normalized spacial score (nSPS) is 12.6. The van der Waals surface area contributed by atoms with E-state index in [4.69, 9.17) is 34.2 Å². The van der Waals surface area contributed by atoms with Crippen molar-refractivity contribution in [1.29, 1.82) is 0 Å². The van der Waals surface area contributed by atoms with Crippen molar-refractivity contribution in [3.63, 3.8) is 0 Å². The molecule has 0 aliphatic heterocycles. The fourth-order valence-corrected chi connectivity index (χ4v) is 3.86. The van der Waals surface area contributed by atoms with E-state index in [1.54, 1.807) is 0 Å². The quantitative estimate of drug-likeness (QED) is 0.00479. The Bertz CT molecular complexity index is 825. The summed E-state index contributed by atoms with van der Waals surface area (Å²) < 4.78 is 27.7. The molecule has 0 saturated carbocycles. The van der Waals surface area contributed by atoms with E-state index in [-0.39, 0.29) is 72.0 Å². The molecule has 0 aliphatic carbocycles. The molecule has 0 fully saturated rings. The Labute approximate surface area is 302 Å². The maximum absolute atomic E-state index is 12.9. The van der Waals surface area contributed by atoms with Gasteiger partial charge in [-0.05, 0) is 45.2 Å². The maximum Gasteiger partial charge on any atom is 0.223 e. The first-order valence-corrected chi connectivity index (χ1v) is 17.4. The highest BCUT2D eigenvalue weighted by Crippen LogP contribution is 2.08. The number of halogens is 2. The number of aliphatic hydroxyl groups is 2. The van der Waals surface area contributed by atoms with Crippen molar-refractivity contribution in [2.45, 2.75) is 25.3 Å². The van der Waals surface area contributed by atoms with E-state index in [1.165, 1.54) is 11.3 Å². The largest absolute Gasteiger partial charge is 0.473 e. The van der Waals surface area contributed by atoms with Crippen molar-refractivity contribution in [2.75, 3.05) is 110 Å². The van der Waals surface area contributed by atoms with E-state index in [0.29, 0.717) is 54.4 Å². The predicted molar refractivity (Wildman–Crippen MR) is 186 cm³/mol. The van der Waals surface area contributed by atoms with E-state index < -0.39 is 24.3 Å². The minimum absolute atomic E-state index is 0.0791. The monoisotopic (exact) mass is 908 g/mol. The topological polar surface area (TPSA) is 235 Å². The number of aliphatic hydroxyl groups excluding tert-OH is 2. The molecular weight excluding hydrogens is 858 g/mol. The first kappa shape index (κ1) is 45.9. The second-order valence-electron chi connectivity index (χ2n) is 9.22. The third kappa shape index (κ3) is 29.6. The van der Waals surface area contributed by atoms with Gasteiger partial charge in [-0.3, -0.25) is 30.5 Å². The summed E-state index contributed by atoms with van der Waals surface area (Å²) in [4.78, 5) is 38.2. The standard InChI is InChI=1S/C26H50I2N6O13/c1-22(28)34(47-40)8-13-44-17-16-43-11-6-32-25(37)19-33(26(38)3-2-23(35)30-7-12-46-39)18-24(36)31-5-10-42-15-14-41-9-4-29-21-45-20-27/h21,24-25,31-32,36-37,39-40H,1-20H2,(H,30,35)/b29-21+. The van der Waals surface area contributed by atoms with E-state index >= 15 is 0 Å². The Kier molecular flexibility index (Phi) is 32.7. The number of rotatable bonds is 34. The molecule has 47 heavy (non-hydrogen) atoms. The molecule has 2 amide bonds. The predicted octanol–water partition coefficient (Wildman–Crippen LogP) is -0.866. The first-order valence-electron chi connectivity index (χ1n) is 14.8. The summed E-state index contributed by atoms with van der Waals surface area (Å²) in [5.41, 5.74) is 0. The molecule has 21 heteroatoms. The molecule has 0 bridgehead atoms. The zero-order chi connectivity index (χ0) is 35.0. The van der Waals surface area contributed by atoms with Crippen LogP contribution in [0.15, 0.2) is 15.3 Å². The van der Waals surface area contributed by atoms with Gasteiger partial charge in [-0.25, -0.2) is 15.2 Å². The van der Waals surface area contributed by atoms with Gasteiger partial charge in [-0.1, -0.05) is 6.58 Å². The number of amides is 2. The number of hydroxylamine groups is 2. The van der Waals surface area contributed by atoms with Crippen LogP contribution in [0.25, 0.3) is 0 Å². The Morgan fingerprint density at radius 3 is 1.94 bits per heavy atom. The molecule has 0 rings (SSSR count). The lowest BCUT2D eigenvalue weighted by atomic mass is 10.2. The number of carbonyl (C=O) groups is 2. The number of nitrogens with zero attached hydrogens (tertiary/aromatic N) is 3. The number of alkyl halides is 1. The maximum atomic E-state index is 12.9. The van der Waals surface area contributed by atoms with Gasteiger partial charge in [-0.15, -0.1) is 4.99 Å². The van der Waals surface area contributed by atoms with Crippen LogP contribution >= 0.6 is 45.2 Å². The number of hydrogen-bond acceptors (Lipinski definition) is 17. The van der Waals surface area contributed by atoms with Crippen LogP contribution in [0.2, 0.25) is 0 Å². The van der Waals surface area contributed by atoms with Gasteiger partial charge in [0, 0.05) is 32.5 Å². The number of carbonyl (C=O) groups excluding carboxylic acids is 2. The van der Waals surface area contributed by atoms with Gasteiger partial charge >= 0.3 is 0 Å². The smallest absolute Gasteiger partial charge is 0.223 e. The van der Waals surface area contributed by atoms with Gasteiger partial charge in [0.2, 0.25) is 11.8 Å². The summed E-state index contributed by atoms with van der Waals surface area (Å²) in [5, 5.41) is 47.4. The number of nitrogens with one attached hydrogen (secondary N) is 3. The molecule has 0 aliphatic rings. The minimum atomic E-state index is -1.14. The fraction of sp³-hybridized carbons (Fsp3) is 0.808. The van der Waals surface area contributed by atoms with Crippen molar-refractivity contribution in [3.05, 3.63) is 10.3 Å². The summed E-state index contributed by atoms with van der Waals surface area (Å²) in [6.45, 7) is 7.21. The Hall–Kier alpha value is -1.07. The van der Waals surface area contributed by atoms with Crippen molar-refractivity contribution >= 4 is 63.4 Å². The molecule has 7 N–H and O–H groups in total. The van der Waals surface area contributed by atoms with Crippen LogP contribution in [0.3, 0.4) is 0 Å². The summed E-state index contributed by atoms with van der Waals surface area (Å²) in [6, 6.07) is 0. The van der Waals surface area contributed by atoms with Crippen molar-refractivity contribution in [2.24, 2.45) is 4.99 Å². The summed E-state index contributed by atoms with van der Waals surface area (Å²) >= 11 is 3.96. The zero-order valence-corrected chi connectivity index (χ0v) is 30.7. The molecular formula is C26H50I2N6O13. The van der Waals surface area contributed by atoms with Crippen molar-refractivity contribution in [3.8, 4) is 0 Å². The third-order valence-corrected chi connectivity index (χ3v) is 6.50. The van der Waals surface area contributed by atoms with E-state index in [0.717, 1.165) is 5.06 Å². The average molecular weight is 909 g/mol. The number of aliphatic imine (C=N–C) groups is 1. The Morgan fingerprint density at radius 2 is 1.40 bits per heavy atom. The lowest BCUT2D eigenvalue weighted by Crippen LogP contribution is -2.50. The highest BCUT2D eigenvalue weighted by Gasteiger charge is 2.21. The van der Waals surface area contributed by atoms with Crippen molar-refractivity contribution in [1.82, 2.24) is 25.9 Å². The SMILES string of the molecule is C=C(I)N(CCOCCOCCNC(O)CN(CC(O)NCCOCCOCC/N=C/OCI)C(=O)CCC(=O)NCCOO)OO. The van der Waals surface area contributed by atoms with Crippen LogP contribution in [-0.4, -0.2) is 171 Å². The molecule has 276 valence electrons. The van der Waals surface area contributed by atoms with Gasteiger partial charge < -0.3 is 44.1 Å². The van der Waals surface area contributed by atoms with Gasteiger partial charge in [0.05, 0.1) is 89.3 Å². The van der Waals surface area contributed by atoms with Crippen LogP contribution in [0.5, 0.6) is 0 Å². The van der Waals surface area contributed by atoms with Gasteiger partial charge in [0.15, 0.2) is 6.40 Å². The second-order valence-corrected chi connectivity index (χ2v) is 11.1. The van der Waals surface area contributed by atoms with E-state index in [9.17, 15) is 19.8 Å². The molecule has 0 heterocycles. The summed E-state index contributed by atoms with van der Waals surface area (Å²) in [6.07, 6.45) is -1.17. The van der Waals surface area contributed by atoms with Crippen LogP contribution < -0.4 is 16.0 Å². The highest BCUT2D eigenvalue weighted by atomic mass is 127. The minimum Gasteiger partial charge on any atom is -0.473 e. The molecule has 0 aromatic heterocycles. The van der Waals surface area contributed by atoms with Crippen LogP contribution in [0.4, 0.5) is 0 Å². The van der Waals surface area contributed by atoms with Crippen LogP contribution in [0.1, 0.15) is 12.8 Å². The molecule has 0 aromatic rings. The molecule has 19 nitrogen and oxygen atoms in total. The van der Waals surface area contributed by atoms with Crippen LogP contribution in [-0.2, 0) is 43.1 Å². The summed E-state index contributed by atoms with van der Waals surface area (Å²) in [7, 11) is 0. The summed E-state index contributed by atoms with van der Waals surface area (Å²) in [5.74, 6) is -0.869. The number of ether oxygens (including phenoxy) is 5. The first-order chi connectivity index (χ1) is 22.7. The molecule has 2 atom stereocenters. The lowest BCUT2D eigenvalue weighted by Gasteiger charge is -2.28. The van der Waals surface area contributed by atoms with Gasteiger partial charge in [0.25, 0.3) is 0 Å². The number of hydrogen-bond donors (Lipinski definition) is 7. The molecule has 0 saturated heterocycles. The molecule has 0 radical (unpaired) electrons. The van der Waals surface area contributed by atoms with Gasteiger partial charge in [-0.2, -0.15) is 0 Å². The lowest BCUT2D eigenvalue weighted by molar-refractivity contribution is -0.380. The highest BCUT2D eigenvalue weighted by molar-refractivity contribution is 14.1. The molecule has 2 unspecified atom stereocenters. The Balaban J connectivity index is 4.45. The molecule has 0 spiro atoms. The van der Waals surface area contributed by atoms with E-state index in [2.05, 4.69) is 60.0 Å². The average Bonchev–Trinajstić information content (AvgIpc) is 3.04. The Morgan fingerprint density at radius 1 is 0.830 bits per heavy atom. The molecule has 0 aromatic carbocycles. The fourth-order valence-electron chi connectivity index (χ4n) is 3.37. The van der Waals surface area contributed by atoms with Gasteiger partial charge in [0.1, 0.15) is 17.1 Å².